The number of benzene rings is 1. The lowest BCUT2D eigenvalue weighted by atomic mass is 10.1. The summed E-state index contributed by atoms with van der Waals surface area (Å²) in [6, 6.07) is 11.4. The first-order valence-corrected chi connectivity index (χ1v) is 3.52. The number of nitrogens with zero attached hydrogens (tertiary/aromatic N) is 1. The Bertz CT molecular complexity index is 248. The van der Waals surface area contributed by atoms with Crippen LogP contribution in [0.15, 0.2) is 30.3 Å². The van der Waals surface area contributed by atoms with Gasteiger partial charge in [-0.3, -0.25) is 0 Å². The molecular weight excluding hydrogens is 136 g/mol. The summed E-state index contributed by atoms with van der Waals surface area (Å²) in [4.78, 5) is 0. The topological polar surface area (TPSA) is 49.8 Å². The second kappa shape index (κ2) is 3.75. The van der Waals surface area contributed by atoms with Crippen molar-refractivity contribution in [1.29, 1.82) is 5.26 Å². The summed E-state index contributed by atoms with van der Waals surface area (Å²) in [6.45, 7) is 0. The van der Waals surface area contributed by atoms with Gasteiger partial charge in [0.1, 0.15) is 0 Å². The molecule has 2 heteroatoms. The summed E-state index contributed by atoms with van der Waals surface area (Å²) in [5, 5.41) is 8.42. The van der Waals surface area contributed by atoms with Crippen molar-refractivity contribution in [2.75, 3.05) is 0 Å². The minimum absolute atomic E-state index is 0.377. The van der Waals surface area contributed by atoms with Crippen LogP contribution in [0.2, 0.25) is 0 Å². The lowest BCUT2D eigenvalue weighted by molar-refractivity contribution is 0.823. The predicted octanol–water partition coefficient (Wildman–Crippen LogP) is 1.08. The Labute approximate surface area is 66.3 Å². The van der Waals surface area contributed by atoms with Crippen LogP contribution in [0, 0.1) is 11.3 Å². The van der Waals surface area contributed by atoms with Gasteiger partial charge in [-0.2, -0.15) is 5.26 Å². The molecule has 0 aromatic heterocycles. The summed E-state index contributed by atoms with van der Waals surface area (Å²) in [7, 11) is 0. The van der Waals surface area contributed by atoms with E-state index < -0.39 is 0 Å². The van der Waals surface area contributed by atoms with Gasteiger partial charge < -0.3 is 5.73 Å². The van der Waals surface area contributed by atoms with Crippen molar-refractivity contribution in [3.63, 3.8) is 0 Å². The van der Waals surface area contributed by atoms with Crippen LogP contribution in [0.3, 0.4) is 0 Å². The van der Waals surface area contributed by atoms with E-state index in [1.807, 2.05) is 36.4 Å². The summed E-state index contributed by atoms with van der Waals surface area (Å²) < 4.78 is 0. The van der Waals surface area contributed by atoms with Gasteiger partial charge in [-0.25, -0.2) is 0 Å². The smallest absolute Gasteiger partial charge is 0.0968 e. The fraction of sp³-hybridized carbons (Fsp3) is 0.222. The molecule has 2 N–H and O–H groups in total. The minimum atomic E-state index is -0.377. The molecule has 1 aromatic carbocycles. The van der Waals surface area contributed by atoms with Gasteiger partial charge in [0.25, 0.3) is 0 Å². The Balaban J connectivity index is 2.60. The fourth-order valence-electron chi connectivity index (χ4n) is 0.914. The van der Waals surface area contributed by atoms with E-state index in [2.05, 4.69) is 0 Å². The second-order valence-corrected chi connectivity index (χ2v) is 2.43. The molecular formula is C9H10N2. The van der Waals surface area contributed by atoms with E-state index in [-0.39, 0.29) is 6.04 Å². The molecule has 0 fully saturated rings. The fourth-order valence-corrected chi connectivity index (χ4v) is 0.914. The average molecular weight is 146 g/mol. The molecule has 0 aliphatic rings. The molecule has 0 radical (unpaired) electrons. The molecule has 1 rings (SSSR count). The third-order valence-corrected chi connectivity index (χ3v) is 1.46. The van der Waals surface area contributed by atoms with Crippen LogP contribution < -0.4 is 5.73 Å². The zero-order chi connectivity index (χ0) is 8.10. The van der Waals surface area contributed by atoms with Crippen molar-refractivity contribution in [2.45, 2.75) is 12.5 Å². The van der Waals surface area contributed by atoms with Crippen LogP contribution in [-0.2, 0) is 6.42 Å². The molecule has 11 heavy (non-hydrogen) atoms. The Morgan fingerprint density at radius 1 is 1.36 bits per heavy atom. The summed E-state index contributed by atoms with van der Waals surface area (Å²) >= 11 is 0. The molecule has 0 unspecified atom stereocenters. The molecule has 0 aliphatic heterocycles. The maximum absolute atomic E-state index is 8.42. The van der Waals surface area contributed by atoms with Crippen LogP contribution in [0.25, 0.3) is 0 Å². The molecule has 0 bridgehead atoms. The van der Waals surface area contributed by atoms with E-state index in [9.17, 15) is 0 Å². The summed E-state index contributed by atoms with van der Waals surface area (Å²) in [5.41, 5.74) is 6.56. The first-order chi connectivity index (χ1) is 5.33. The number of hydrogen-bond acceptors (Lipinski definition) is 2. The summed E-state index contributed by atoms with van der Waals surface area (Å²) in [5.74, 6) is 0. The van der Waals surface area contributed by atoms with E-state index in [0.717, 1.165) is 5.56 Å². The Kier molecular flexibility index (Phi) is 2.65. The van der Waals surface area contributed by atoms with Gasteiger partial charge in [0, 0.05) is 6.42 Å². The van der Waals surface area contributed by atoms with Gasteiger partial charge >= 0.3 is 0 Å². The average Bonchev–Trinajstić information content (AvgIpc) is 2.06. The van der Waals surface area contributed by atoms with E-state index >= 15 is 0 Å². The van der Waals surface area contributed by atoms with Crippen LogP contribution in [0.5, 0.6) is 0 Å². The maximum atomic E-state index is 8.42. The Hall–Kier alpha value is -1.33. The first kappa shape index (κ1) is 7.77. The molecule has 0 amide bonds. The van der Waals surface area contributed by atoms with Gasteiger partial charge in [-0.05, 0) is 5.56 Å². The number of rotatable bonds is 2. The SMILES string of the molecule is N#C[C@H](N)Cc1ccccc1. The molecule has 0 saturated carbocycles. The van der Waals surface area contributed by atoms with Gasteiger partial charge in [-0.1, -0.05) is 30.3 Å². The van der Waals surface area contributed by atoms with Crippen LogP contribution in [0.1, 0.15) is 5.56 Å². The third-order valence-electron chi connectivity index (χ3n) is 1.46. The predicted molar refractivity (Wildman–Crippen MR) is 43.7 cm³/mol. The van der Waals surface area contributed by atoms with E-state index in [1.54, 1.807) is 0 Å². The molecule has 1 aromatic rings. The zero-order valence-electron chi connectivity index (χ0n) is 6.20. The molecule has 0 saturated heterocycles. The standard InChI is InChI=1S/C9H10N2/c10-7-9(11)6-8-4-2-1-3-5-8/h1-5,9H,6,11H2/t9-/m1/s1. The molecule has 2 nitrogen and oxygen atoms in total. The molecule has 1 atom stereocenters. The normalized spacial score (nSPS) is 12.0. The summed E-state index contributed by atoms with van der Waals surface area (Å²) in [6.07, 6.45) is 0.636. The van der Waals surface area contributed by atoms with E-state index in [1.165, 1.54) is 0 Å². The van der Waals surface area contributed by atoms with Crippen LogP contribution >= 0.6 is 0 Å². The number of nitrogens with two attached hydrogens (primary N) is 1. The minimum Gasteiger partial charge on any atom is -0.316 e. The highest BCUT2D eigenvalue weighted by atomic mass is 14.6. The molecule has 0 heterocycles. The highest BCUT2D eigenvalue weighted by Gasteiger charge is 1.99. The molecule has 56 valence electrons. The first-order valence-electron chi connectivity index (χ1n) is 3.52. The highest BCUT2D eigenvalue weighted by molar-refractivity contribution is 5.17. The Morgan fingerprint density at radius 3 is 2.55 bits per heavy atom. The lowest BCUT2D eigenvalue weighted by Crippen LogP contribution is -2.19. The number of nitriles is 1. The number of hydrogen-bond donors (Lipinski definition) is 1. The monoisotopic (exact) mass is 146 g/mol. The highest BCUT2D eigenvalue weighted by Crippen LogP contribution is 2.00. The Morgan fingerprint density at radius 2 is 2.00 bits per heavy atom. The van der Waals surface area contributed by atoms with Crippen LogP contribution in [-0.4, -0.2) is 6.04 Å². The maximum Gasteiger partial charge on any atom is 0.0968 e. The largest absolute Gasteiger partial charge is 0.316 e. The van der Waals surface area contributed by atoms with E-state index in [4.69, 9.17) is 11.0 Å². The molecule has 0 aliphatic carbocycles. The van der Waals surface area contributed by atoms with Crippen molar-refractivity contribution in [1.82, 2.24) is 0 Å². The lowest BCUT2D eigenvalue weighted by Gasteiger charge is -2.00. The van der Waals surface area contributed by atoms with Gasteiger partial charge in [0.15, 0.2) is 0 Å². The van der Waals surface area contributed by atoms with Gasteiger partial charge in [0.2, 0.25) is 0 Å². The van der Waals surface area contributed by atoms with E-state index in [0.29, 0.717) is 6.42 Å². The second-order valence-electron chi connectivity index (χ2n) is 2.43. The van der Waals surface area contributed by atoms with Crippen LogP contribution in [0.4, 0.5) is 0 Å². The van der Waals surface area contributed by atoms with Crippen molar-refractivity contribution in [2.24, 2.45) is 5.73 Å². The van der Waals surface area contributed by atoms with Gasteiger partial charge in [-0.15, -0.1) is 0 Å². The quantitative estimate of drug-likeness (QED) is 0.678. The van der Waals surface area contributed by atoms with Crippen molar-refractivity contribution >= 4 is 0 Å². The van der Waals surface area contributed by atoms with Crippen molar-refractivity contribution < 1.29 is 0 Å². The zero-order valence-corrected chi connectivity index (χ0v) is 6.20. The van der Waals surface area contributed by atoms with Gasteiger partial charge in [0.05, 0.1) is 12.1 Å². The van der Waals surface area contributed by atoms with Crippen molar-refractivity contribution in [3.8, 4) is 6.07 Å². The van der Waals surface area contributed by atoms with Crippen molar-refractivity contribution in [3.05, 3.63) is 35.9 Å². The third kappa shape index (κ3) is 2.40. The molecule has 0 spiro atoms.